The molecule has 0 bridgehead atoms. The average molecular weight is 472 g/mol. The van der Waals surface area contributed by atoms with E-state index < -0.39 is 0 Å². The van der Waals surface area contributed by atoms with Crippen LogP contribution in [0.25, 0.3) is 10.2 Å². The van der Waals surface area contributed by atoms with E-state index in [0.29, 0.717) is 36.6 Å². The van der Waals surface area contributed by atoms with E-state index in [1.807, 2.05) is 36.1 Å². The van der Waals surface area contributed by atoms with Crippen molar-refractivity contribution in [2.24, 2.45) is 5.92 Å². The van der Waals surface area contributed by atoms with E-state index in [0.717, 1.165) is 20.3 Å². The highest BCUT2D eigenvalue weighted by Gasteiger charge is 2.28. The molecule has 2 amide bonds. The Hall–Kier alpha value is -2.25. The number of nitrogens with zero attached hydrogens (tertiary/aromatic N) is 2. The molecule has 2 aromatic carbocycles. The maximum atomic E-state index is 12.7. The van der Waals surface area contributed by atoms with Crippen LogP contribution in [0.2, 0.25) is 0 Å². The monoisotopic (exact) mass is 471 g/mol. The Morgan fingerprint density at radius 3 is 2.38 bits per heavy atom. The molecule has 1 aliphatic heterocycles. The summed E-state index contributed by atoms with van der Waals surface area (Å²) in [6.07, 6.45) is 1.33. The first-order valence-electron chi connectivity index (χ1n) is 9.65. The summed E-state index contributed by atoms with van der Waals surface area (Å²) in [5, 5.41) is 3.65. The molecule has 4 rings (SSSR count). The predicted molar refractivity (Wildman–Crippen MR) is 120 cm³/mol. The molecule has 1 saturated heterocycles. The zero-order chi connectivity index (χ0) is 20.5. The number of halogens is 1. The fraction of sp³-hybridized carbons (Fsp3) is 0.318. The van der Waals surface area contributed by atoms with Gasteiger partial charge in [-0.25, -0.2) is 4.98 Å². The second-order valence-corrected chi connectivity index (χ2v) is 9.37. The van der Waals surface area contributed by atoms with Crippen LogP contribution in [-0.4, -0.2) is 34.8 Å². The Kier molecular flexibility index (Phi) is 5.69. The third-order valence-corrected chi connectivity index (χ3v) is 7.05. The zero-order valence-corrected chi connectivity index (χ0v) is 18.8. The fourth-order valence-electron chi connectivity index (χ4n) is 3.64. The fourth-order valence-corrected chi connectivity index (χ4v) is 4.92. The van der Waals surface area contributed by atoms with Gasteiger partial charge in [-0.15, -0.1) is 0 Å². The van der Waals surface area contributed by atoms with Crippen LogP contribution in [0.5, 0.6) is 0 Å². The van der Waals surface area contributed by atoms with Crippen molar-refractivity contribution in [1.29, 1.82) is 0 Å². The summed E-state index contributed by atoms with van der Waals surface area (Å²) < 4.78 is 2.07. The second kappa shape index (κ2) is 8.24. The number of rotatable bonds is 3. The lowest BCUT2D eigenvalue weighted by Crippen LogP contribution is -2.41. The van der Waals surface area contributed by atoms with Gasteiger partial charge < -0.3 is 10.2 Å². The van der Waals surface area contributed by atoms with Gasteiger partial charge in [-0.2, -0.15) is 0 Å². The average Bonchev–Trinajstić information content (AvgIpc) is 3.16. The van der Waals surface area contributed by atoms with E-state index in [1.165, 1.54) is 16.9 Å². The standard InChI is InChI=1S/C22H22BrN3O2S/c1-13-3-4-14(2)19-18(13)24-22(29-19)25-20(27)15-9-11-26(12-10-15)21(28)16-5-7-17(23)8-6-16/h3-8,15H,9-12H2,1-2H3,(H,24,25,27). The number of hydrogen-bond donors (Lipinski definition) is 1. The maximum Gasteiger partial charge on any atom is 0.253 e. The van der Waals surface area contributed by atoms with Crippen molar-refractivity contribution in [2.75, 3.05) is 18.4 Å². The summed E-state index contributed by atoms with van der Waals surface area (Å²) in [4.78, 5) is 31.8. The van der Waals surface area contributed by atoms with Crippen LogP contribution in [-0.2, 0) is 4.79 Å². The number of nitrogens with one attached hydrogen (secondary N) is 1. The molecule has 1 N–H and O–H groups in total. The second-order valence-electron chi connectivity index (χ2n) is 7.46. The number of piperidine rings is 1. The highest BCUT2D eigenvalue weighted by atomic mass is 79.9. The van der Waals surface area contributed by atoms with Gasteiger partial charge >= 0.3 is 0 Å². The number of anilines is 1. The molecule has 0 unspecified atom stereocenters. The third-order valence-electron chi connectivity index (χ3n) is 5.42. The van der Waals surface area contributed by atoms with Gasteiger partial charge in [-0.3, -0.25) is 9.59 Å². The van der Waals surface area contributed by atoms with Crippen molar-refractivity contribution < 1.29 is 9.59 Å². The molecule has 0 saturated carbocycles. The molecule has 7 heteroatoms. The van der Waals surface area contributed by atoms with E-state index >= 15 is 0 Å². The first-order valence-corrected chi connectivity index (χ1v) is 11.3. The molecule has 1 aromatic heterocycles. The number of aryl methyl sites for hydroxylation is 2. The topological polar surface area (TPSA) is 62.3 Å². The third kappa shape index (κ3) is 4.21. The number of carbonyl (C=O) groups is 2. The number of likely N-dealkylation sites (tertiary alicyclic amines) is 1. The van der Waals surface area contributed by atoms with Gasteiger partial charge in [-0.1, -0.05) is 39.4 Å². The lowest BCUT2D eigenvalue weighted by Gasteiger charge is -2.31. The molecular weight excluding hydrogens is 450 g/mol. The van der Waals surface area contributed by atoms with Crippen LogP contribution in [0, 0.1) is 19.8 Å². The number of fused-ring (bicyclic) bond motifs is 1. The van der Waals surface area contributed by atoms with Gasteiger partial charge in [-0.05, 0) is 62.1 Å². The molecule has 1 fully saturated rings. The minimum atomic E-state index is -0.0989. The van der Waals surface area contributed by atoms with Crippen LogP contribution in [0.3, 0.4) is 0 Å². The number of benzene rings is 2. The first kappa shape index (κ1) is 20.0. The van der Waals surface area contributed by atoms with Crippen molar-refractivity contribution in [3.63, 3.8) is 0 Å². The number of aromatic nitrogens is 1. The highest BCUT2D eigenvalue weighted by Crippen LogP contribution is 2.31. The number of thiazole rings is 1. The van der Waals surface area contributed by atoms with E-state index in [2.05, 4.69) is 45.3 Å². The predicted octanol–water partition coefficient (Wildman–Crippen LogP) is 5.17. The Balaban J connectivity index is 1.38. The zero-order valence-electron chi connectivity index (χ0n) is 16.4. The van der Waals surface area contributed by atoms with Crippen molar-refractivity contribution in [3.8, 4) is 0 Å². The van der Waals surface area contributed by atoms with E-state index in [4.69, 9.17) is 0 Å². The Labute approximate surface area is 182 Å². The van der Waals surface area contributed by atoms with Gasteiger partial charge in [0, 0.05) is 29.0 Å². The van der Waals surface area contributed by atoms with Crippen LogP contribution in [0.4, 0.5) is 5.13 Å². The molecule has 150 valence electrons. The highest BCUT2D eigenvalue weighted by molar-refractivity contribution is 9.10. The summed E-state index contributed by atoms with van der Waals surface area (Å²) in [5.74, 6) is -0.0817. The lowest BCUT2D eigenvalue weighted by atomic mass is 9.95. The largest absolute Gasteiger partial charge is 0.339 e. The van der Waals surface area contributed by atoms with Crippen molar-refractivity contribution in [3.05, 3.63) is 57.6 Å². The van der Waals surface area contributed by atoms with Crippen LogP contribution in [0.1, 0.15) is 34.3 Å². The van der Waals surface area contributed by atoms with E-state index in [-0.39, 0.29) is 17.7 Å². The SMILES string of the molecule is Cc1ccc(C)c2sc(NC(=O)C3CCN(C(=O)c4ccc(Br)cc4)CC3)nc12. The maximum absolute atomic E-state index is 12.7. The number of amides is 2. The molecule has 0 atom stereocenters. The summed E-state index contributed by atoms with van der Waals surface area (Å²) in [7, 11) is 0. The van der Waals surface area contributed by atoms with E-state index in [1.54, 1.807) is 0 Å². The summed E-state index contributed by atoms with van der Waals surface area (Å²) >= 11 is 4.91. The molecule has 3 aromatic rings. The normalized spacial score (nSPS) is 14.9. The van der Waals surface area contributed by atoms with Gasteiger partial charge in [0.25, 0.3) is 5.91 Å². The van der Waals surface area contributed by atoms with Crippen LogP contribution < -0.4 is 5.32 Å². The Morgan fingerprint density at radius 2 is 1.72 bits per heavy atom. The molecular formula is C22H22BrN3O2S. The van der Waals surface area contributed by atoms with Crippen molar-refractivity contribution in [1.82, 2.24) is 9.88 Å². The van der Waals surface area contributed by atoms with Crippen LogP contribution >= 0.6 is 27.3 Å². The van der Waals surface area contributed by atoms with Crippen molar-refractivity contribution >= 4 is 54.4 Å². The molecule has 5 nitrogen and oxygen atoms in total. The molecule has 1 aliphatic rings. The molecule has 0 aliphatic carbocycles. The molecule has 0 spiro atoms. The molecule has 29 heavy (non-hydrogen) atoms. The number of carbonyl (C=O) groups excluding carboxylic acids is 2. The van der Waals surface area contributed by atoms with Gasteiger partial charge in [0.1, 0.15) is 0 Å². The Morgan fingerprint density at radius 1 is 1.07 bits per heavy atom. The van der Waals surface area contributed by atoms with Gasteiger partial charge in [0.05, 0.1) is 10.2 Å². The van der Waals surface area contributed by atoms with Gasteiger partial charge in [0.2, 0.25) is 5.91 Å². The minimum absolute atomic E-state index is 0.00453. The quantitative estimate of drug-likeness (QED) is 0.573. The van der Waals surface area contributed by atoms with Gasteiger partial charge in [0.15, 0.2) is 5.13 Å². The Bertz CT molecular complexity index is 1030. The minimum Gasteiger partial charge on any atom is -0.339 e. The number of hydrogen-bond acceptors (Lipinski definition) is 4. The summed E-state index contributed by atoms with van der Waals surface area (Å²) in [6, 6.07) is 11.5. The smallest absolute Gasteiger partial charge is 0.253 e. The summed E-state index contributed by atoms with van der Waals surface area (Å²) in [6.45, 7) is 5.27. The summed E-state index contributed by atoms with van der Waals surface area (Å²) in [5.41, 5.74) is 3.92. The first-order chi connectivity index (χ1) is 13.9. The van der Waals surface area contributed by atoms with Crippen molar-refractivity contribution in [2.45, 2.75) is 26.7 Å². The molecule has 0 radical (unpaired) electrons. The van der Waals surface area contributed by atoms with E-state index in [9.17, 15) is 9.59 Å². The molecule has 2 heterocycles. The lowest BCUT2D eigenvalue weighted by molar-refractivity contribution is -0.121. The van der Waals surface area contributed by atoms with Crippen LogP contribution in [0.15, 0.2) is 40.9 Å².